The van der Waals surface area contributed by atoms with Crippen LogP contribution >= 0.6 is 0 Å². The van der Waals surface area contributed by atoms with Crippen molar-refractivity contribution in [2.45, 2.75) is 71.1 Å². The van der Waals surface area contributed by atoms with Crippen molar-refractivity contribution >= 4 is 16.2 Å². The molecule has 0 N–H and O–H groups in total. The number of rotatable bonds is 14. The second-order valence-corrected chi connectivity index (χ2v) is 6.42. The van der Waals surface area contributed by atoms with Crippen LogP contribution in [0.4, 0.5) is 0 Å². The summed E-state index contributed by atoms with van der Waals surface area (Å²) < 4.78 is 34.6. The maximum absolute atomic E-state index is 11.3. The molecule has 0 aliphatic rings. The average molecular weight is 342 g/mol. The van der Waals surface area contributed by atoms with Gasteiger partial charge in [-0.2, -0.15) is 0 Å². The van der Waals surface area contributed by atoms with Crippen molar-refractivity contribution in [1.82, 2.24) is 0 Å². The largest absolute Gasteiger partial charge is 1.00 e. The topological polar surface area (TPSA) is 83.5 Å². The van der Waals surface area contributed by atoms with Crippen LogP contribution in [-0.4, -0.2) is 25.4 Å². The second-order valence-electron chi connectivity index (χ2n) is 5.37. The summed E-state index contributed by atoms with van der Waals surface area (Å²) >= 11 is 0. The number of hydrogen-bond donors (Lipinski definition) is 0. The van der Waals surface area contributed by atoms with E-state index in [-0.39, 0.29) is 41.9 Å². The molecule has 0 saturated heterocycles. The van der Waals surface area contributed by atoms with Crippen LogP contribution in [0.1, 0.15) is 71.1 Å². The van der Waals surface area contributed by atoms with Gasteiger partial charge >= 0.3 is 29.6 Å². The minimum Gasteiger partial charge on any atom is -0.726 e. The Bertz CT molecular complexity index is 406. The predicted molar refractivity (Wildman–Crippen MR) is 81.6 cm³/mol. The summed E-state index contributed by atoms with van der Waals surface area (Å²) in [6, 6.07) is 0. The SMILES string of the molecule is C=C(C)C(=O)CCCCCCCCCCCOS(=O)(=O)[O-].[Na+]. The summed E-state index contributed by atoms with van der Waals surface area (Å²) in [7, 11) is -4.53. The fourth-order valence-corrected chi connectivity index (χ4v) is 2.32. The summed E-state index contributed by atoms with van der Waals surface area (Å²) in [4.78, 5) is 11.3. The molecule has 0 aromatic heterocycles. The molecule has 0 rings (SSSR count). The van der Waals surface area contributed by atoms with Crippen LogP contribution in [0.2, 0.25) is 0 Å². The van der Waals surface area contributed by atoms with E-state index in [2.05, 4.69) is 10.8 Å². The smallest absolute Gasteiger partial charge is 0.726 e. The van der Waals surface area contributed by atoms with Gasteiger partial charge in [0.2, 0.25) is 10.4 Å². The van der Waals surface area contributed by atoms with Crippen molar-refractivity contribution in [2.24, 2.45) is 0 Å². The molecule has 0 heterocycles. The maximum atomic E-state index is 11.3. The third-order valence-corrected chi connectivity index (χ3v) is 3.71. The molecule has 0 aromatic carbocycles. The van der Waals surface area contributed by atoms with Gasteiger partial charge < -0.3 is 4.55 Å². The van der Waals surface area contributed by atoms with Crippen molar-refractivity contribution in [3.05, 3.63) is 12.2 Å². The number of hydrogen-bond acceptors (Lipinski definition) is 5. The molecule has 0 aliphatic carbocycles. The van der Waals surface area contributed by atoms with Crippen LogP contribution < -0.4 is 29.6 Å². The van der Waals surface area contributed by atoms with Crippen molar-refractivity contribution in [1.29, 1.82) is 0 Å². The summed E-state index contributed by atoms with van der Waals surface area (Å²) in [6.45, 7) is 5.37. The Hall–Kier alpha value is 0.280. The van der Waals surface area contributed by atoms with Gasteiger partial charge in [-0.15, -0.1) is 0 Å². The zero-order valence-corrected chi connectivity index (χ0v) is 16.8. The van der Waals surface area contributed by atoms with Crippen LogP contribution in [0, 0.1) is 0 Å². The van der Waals surface area contributed by atoms with Gasteiger partial charge in [-0.1, -0.05) is 51.5 Å². The standard InChI is InChI=1S/C15H28O5S.Na/c1-14(2)15(16)12-10-8-6-4-3-5-7-9-11-13-20-21(17,18)19;/h1,3-13H2,2H3,(H,17,18,19);/q;+1/p-1. The predicted octanol–water partition coefficient (Wildman–Crippen LogP) is 0.513. The first-order valence-electron chi connectivity index (χ1n) is 7.62. The molecule has 0 aliphatic heterocycles. The van der Waals surface area contributed by atoms with E-state index in [1.54, 1.807) is 6.92 Å². The molecule has 22 heavy (non-hydrogen) atoms. The number of allylic oxidation sites excluding steroid dienone is 1. The van der Waals surface area contributed by atoms with Gasteiger partial charge in [0.15, 0.2) is 5.78 Å². The van der Waals surface area contributed by atoms with E-state index in [0.29, 0.717) is 18.4 Å². The molecule has 0 bridgehead atoms. The minimum absolute atomic E-state index is 0. The van der Waals surface area contributed by atoms with Crippen LogP contribution in [-0.2, 0) is 19.4 Å². The second kappa shape index (κ2) is 14.8. The number of carbonyl (C=O) groups excluding carboxylic acids is 1. The molecule has 124 valence electrons. The molecule has 5 nitrogen and oxygen atoms in total. The Morgan fingerprint density at radius 2 is 1.36 bits per heavy atom. The van der Waals surface area contributed by atoms with Crippen molar-refractivity contribution in [3.63, 3.8) is 0 Å². The third-order valence-electron chi connectivity index (χ3n) is 3.25. The average Bonchev–Trinajstić information content (AvgIpc) is 2.38. The van der Waals surface area contributed by atoms with Gasteiger partial charge in [-0.3, -0.25) is 8.98 Å². The van der Waals surface area contributed by atoms with Gasteiger partial charge in [-0.05, 0) is 25.3 Å². The van der Waals surface area contributed by atoms with Crippen LogP contribution in [0.25, 0.3) is 0 Å². The first kappa shape index (κ1) is 24.5. The van der Waals surface area contributed by atoms with E-state index in [1.807, 2.05) is 0 Å². The van der Waals surface area contributed by atoms with Gasteiger partial charge in [0.25, 0.3) is 0 Å². The Kier molecular flexibility index (Phi) is 16.6. The van der Waals surface area contributed by atoms with E-state index < -0.39 is 10.4 Å². The Morgan fingerprint density at radius 3 is 1.77 bits per heavy atom. The molecule has 0 amide bonds. The number of Topliss-reactive ketones (excluding diaryl/α,β-unsaturated/α-hetero) is 1. The molecule has 0 atom stereocenters. The number of unbranched alkanes of at least 4 members (excludes halogenated alkanes) is 8. The third kappa shape index (κ3) is 18.3. The van der Waals surface area contributed by atoms with E-state index in [1.165, 1.54) is 0 Å². The Morgan fingerprint density at radius 1 is 0.955 bits per heavy atom. The van der Waals surface area contributed by atoms with E-state index in [0.717, 1.165) is 51.4 Å². The van der Waals surface area contributed by atoms with Crippen molar-refractivity contribution < 1.29 is 51.5 Å². The minimum atomic E-state index is -4.53. The summed E-state index contributed by atoms with van der Waals surface area (Å²) in [6.07, 6.45) is 9.68. The van der Waals surface area contributed by atoms with Gasteiger partial charge in [0.05, 0.1) is 6.61 Å². The maximum Gasteiger partial charge on any atom is 1.00 e. The number of ketones is 1. The molecule has 0 spiro atoms. The fraction of sp³-hybridized carbons (Fsp3) is 0.800. The Labute approximate surface area is 157 Å². The zero-order chi connectivity index (χ0) is 16.1. The normalized spacial score (nSPS) is 11.0. The molecule has 0 saturated carbocycles. The molecule has 0 aromatic rings. The van der Waals surface area contributed by atoms with E-state index >= 15 is 0 Å². The Balaban J connectivity index is 0. The first-order chi connectivity index (χ1) is 9.83. The summed E-state index contributed by atoms with van der Waals surface area (Å²) in [5.41, 5.74) is 0.642. The van der Waals surface area contributed by atoms with Gasteiger partial charge in [0.1, 0.15) is 0 Å². The van der Waals surface area contributed by atoms with Gasteiger partial charge in [0, 0.05) is 6.42 Å². The monoisotopic (exact) mass is 342 g/mol. The zero-order valence-electron chi connectivity index (χ0n) is 13.9. The molecule has 0 fully saturated rings. The molecular weight excluding hydrogens is 315 g/mol. The quantitative estimate of drug-likeness (QED) is 0.151. The van der Waals surface area contributed by atoms with Crippen LogP contribution in [0.3, 0.4) is 0 Å². The van der Waals surface area contributed by atoms with Crippen molar-refractivity contribution in [3.8, 4) is 0 Å². The summed E-state index contributed by atoms with van der Waals surface area (Å²) in [5.74, 6) is 0.164. The van der Waals surface area contributed by atoms with Crippen LogP contribution in [0.15, 0.2) is 12.2 Å². The van der Waals surface area contributed by atoms with E-state index in [9.17, 15) is 17.8 Å². The van der Waals surface area contributed by atoms with Crippen LogP contribution in [0.5, 0.6) is 0 Å². The molecular formula is C15H27NaO5S. The van der Waals surface area contributed by atoms with Gasteiger partial charge in [-0.25, -0.2) is 8.42 Å². The first-order valence-corrected chi connectivity index (χ1v) is 8.95. The summed E-state index contributed by atoms with van der Waals surface area (Å²) in [5, 5.41) is 0. The fourth-order valence-electron chi connectivity index (χ4n) is 2.00. The van der Waals surface area contributed by atoms with E-state index in [4.69, 9.17) is 0 Å². The molecule has 0 radical (unpaired) electrons. The number of carbonyl (C=O) groups is 1. The molecule has 0 unspecified atom stereocenters. The van der Waals surface area contributed by atoms with Crippen molar-refractivity contribution in [2.75, 3.05) is 6.61 Å². The molecule has 7 heteroatoms.